The number of unbranched alkanes of at least 4 members (excludes halogenated alkanes) is 1. The van der Waals surface area contributed by atoms with E-state index in [0.29, 0.717) is 5.15 Å². The van der Waals surface area contributed by atoms with Crippen LogP contribution in [-0.2, 0) is 6.54 Å². The largest absolute Gasteiger partial charge is 0.497 e. The van der Waals surface area contributed by atoms with Gasteiger partial charge in [-0.1, -0.05) is 24.9 Å². The van der Waals surface area contributed by atoms with Crippen molar-refractivity contribution in [3.8, 4) is 5.75 Å². The van der Waals surface area contributed by atoms with Crippen LogP contribution in [0.5, 0.6) is 5.75 Å². The molecule has 0 saturated carbocycles. The van der Waals surface area contributed by atoms with Gasteiger partial charge in [0.25, 0.3) is 0 Å². The van der Waals surface area contributed by atoms with Crippen LogP contribution >= 0.6 is 11.6 Å². The molecule has 2 aromatic rings. The van der Waals surface area contributed by atoms with Gasteiger partial charge in [-0.3, -0.25) is 0 Å². The maximum absolute atomic E-state index is 6.30. The lowest BCUT2D eigenvalue weighted by Crippen LogP contribution is -2.19. The molecule has 0 unspecified atom stereocenters. The van der Waals surface area contributed by atoms with Gasteiger partial charge in [0, 0.05) is 23.6 Å². The highest BCUT2D eigenvalue weighted by molar-refractivity contribution is 6.30. The van der Waals surface area contributed by atoms with Crippen molar-refractivity contribution in [1.82, 2.24) is 9.88 Å². The number of rotatable bonds is 6. The Hall–Kier alpha value is -1.32. The molecule has 0 fully saturated rings. The smallest absolute Gasteiger partial charge is 0.134 e. The Balaban J connectivity index is 2.24. The van der Waals surface area contributed by atoms with E-state index in [1.807, 2.05) is 18.2 Å². The second-order valence-electron chi connectivity index (χ2n) is 5.09. The second-order valence-corrected chi connectivity index (χ2v) is 5.45. The lowest BCUT2D eigenvalue weighted by atomic mass is 10.1. The zero-order valence-electron chi connectivity index (χ0n) is 12.3. The highest BCUT2D eigenvalue weighted by atomic mass is 35.5. The van der Waals surface area contributed by atoms with Crippen LogP contribution < -0.4 is 4.74 Å². The summed E-state index contributed by atoms with van der Waals surface area (Å²) in [6.45, 7) is 4.10. The first kappa shape index (κ1) is 15.1. The van der Waals surface area contributed by atoms with E-state index in [0.717, 1.165) is 35.3 Å². The van der Waals surface area contributed by atoms with Gasteiger partial charge < -0.3 is 9.64 Å². The minimum absolute atomic E-state index is 0.578. The number of halogens is 1. The number of hydrogen-bond donors (Lipinski definition) is 0. The molecule has 108 valence electrons. The summed E-state index contributed by atoms with van der Waals surface area (Å²) in [5.41, 5.74) is 1.94. The Morgan fingerprint density at radius 2 is 2.10 bits per heavy atom. The van der Waals surface area contributed by atoms with E-state index >= 15 is 0 Å². The van der Waals surface area contributed by atoms with E-state index < -0.39 is 0 Å². The molecule has 0 radical (unpaired) electrons. The number of fused-ring (bicyclic) bond motifs is 1. The SMILES string of the molecule is CCCCN(C)Cc1cc2ccc(OC)cc2nc1Cl. The lowest BCUT2D eigenvalue weighted by Gasteiger charge is -2.17. The number of ether oxygens (including phenoxy) is 1. The van der Waals surface area contributed by atoms with E-state index in [2.05, 4.69) is 29.9 Å². The summed E-state index contributed by atoms with van der Waals surface area (Å²) in [7, 11) is 3.77. The van der Waals surface area contributed by atoms with Crippen molar-refractivity contribution in [1.29, 1.82) is 0 Å². The first-order valence-corrected chi connectivity index (χ1v) is 7.33. The Bertz CT molecular complexity index is 586. The molecule has 0 N–H and O–H groups in total. The number of benzene rings is 1. The molecule has 0 aliphatic carbocycles. The van der Waals surface area contributed by atoms with Crippen LogP contribution in [0.1, 0.15) is 25.3 Å². The number of hydrogen-bond acceptors (Lipinski definition) is 3. The third-order valence-corrected chi connectivity index (χ3v) is 3.71. The molecule has 0 spiro atoms. The first-order chi connectivity index (χ1) is 9.63. The molecule has 1 heterocycles. The fourth-order valence-electron chi connectivity index (χ4n) is 2.20. The van der Waals surface area contributed by atoms with Gasteiger partial charge in [0.15, 0.2) is 0 Å². The van der Waals surface area contributed by atoms with Crippen molar-refractivity contribution in [2.45, 2.75) is 26.3 Å². The monoisotopic (exact) mass is 292 g/mol. The molecular weight excluding hydrogens is 272 g/mol. The van der Waals surface area contributed by atoms with E-state index in [-0.39, 0.29) is 0 Å². The van der Waals surface area contributed by atoms with Crippen LogP contribution in [0.4, 0.5) is 0 Å². The van der Waals surface area contributed by atoms with Crippen molar-refractivity contribution in [3.63, 3.8) is 0 Å². The summed E-state index contributed by atoms with van der Waals surface area (Å²) in [5, 5.41) is 1.67. The molecule has 0 aliphatic rings. The standard InChI is InChI=1S/C16H21ClN2O/c1-4-5-8-19(2)11-13-9-12-6-7-14(20-3)10-15(12)18-16(13)17/h6-7,9-10H,4-5,8,11H2,1-3H3. The van der Waals surface area contributed by atoms with Crippen molar-refractivity contribution < 1.29 is 4.74 Å². The van der Waals surface area contributed by atoms with E-state index in [4.69, 9.17) is 16.3 Å². The Labute approximate surface area is 125 Å². The number of aromatic nitrogens is 1. The molecule has 0 aliphatic heterocycles. The Morgan fingerprint density at radius 3 is 2.80 bits per heavy atom. The lowest BCUT2D eigenvalue weighted by molar-refractivity contribution is 0.320. The molecule has 3 nitrogen and oxygen atoms in total. The highest BCUT2D eigenvalue weighted by Gasteiger charge is 2.08. The maximum Gasteiger partial charge on any atom is 0.134 e. The van der Waals surface area contributed by atoms with E-state index in [1.165, 1.54) is 12.8 Å². The zero-order valence-corrected chi connectivity index (χ0v) is 13.1. The fourth-order valence-corrected chi connectivity index (χ4v) is 2.41. The van der Waals surface area contributed by atoms with E-state index in [9.17, 15) is 0 Å². The van der Waals surface area contributed by atoms with Gasteiger partial charge in [-0.25, -0.2) is 4.98 Å². The summed E-state index contributed by atoms with van der Waals surface area (Å²) < 4.78 is 5.21. The molecule has 1 aromatic carbocycles. The predicted octanol–water partition coefficient (Wildman–Crippen LogP) is 4.13. The molecule has 0 amide bonds. The van der Waals surface area contributed by atoms with E-state index in [1.54, 1.807) is 7.11 Å². The molecule has 0 atom stereocenters. The van der Waals surface area contributed by atoms with Gasteiger partial charge in [-0.2, -0.15) is 0 Å². The number of pyridine rings is 1. The van der Waals surface area contributed by atoms with Gasteiger partial charge in [0.1, 0.15) is 10.9 Å². The minimum atomic E-state index is 0.578. The molecule has 2 rings (SSSR count). The number of nitrogens with zero attached hydrogens (tertiary/aromatic N) is 2. The quantitative estimate of drug-likeness (QED) is 0.749. The average Bonchev–Trinajstić information content (AvgIpc) is 2.45. The van der Waals surface area contributed by atoms with Crippen molar-refractivity contribution >= 4 is 22.5 Å². The van der Waals surface area contributed by atoms with Crippen LogP contribution in [0.2, 0.25) is 5.15 Å². The maximum atomic E-state index is 6.30. The van der Waals surface area contributed by atoms with Crippen LogP contribution in [0.25, 0.3) is 10.9 Å². The summed E-state index contributed by atoms with van der Waals surface area (Å²) >= 11 is 6.30. The van der Waals surface area contributed by atoms with Gasteiger partial charge >= 0.3 is 0 Å². The number of methoxy groups -OCH3 is 1. The molecule has 4 heteroatoms. The van der Waals surface area contributed by atoms with Crippen LogP contribution in [0, 0.1) is 0 Å². The summed E-state index contributed by atoms with van der Waals surface area (Å²) in [5.74, 6) is 0.800. The predicted molar refractivity (Wildman–Crippen MR) is 84.5 cm³/mol. The minimum Gasteiger partial charge on any atom is -0.497 e. The molecular formula is C16H21ClN2O. The Kier molecular flexibility index (Phi) is 5.21. The second kappa shape index (κ2) is 6.91. The molecule has 0 saturated heterocycles. The first-order valence-electron chi connectivity index (χ1n) is 6.95. The Morgan fingerprint density at radius 1 is 1.30 bits per heavy atom. The van der Waals surface area contributed by atoms with Gasteiger partial charge in [-0.05, 0) is 38.2 Å². The van der Waals surface area contributed by atoms with Crippen molar-refractivity contribution in [3.05, 3.63) is 35.0 Å². The molecule has 1 aromatic heterocycles. The normalized spacial score (nSPS) is 11.2. The molecule has 20 heavy (non-hydrogen) atoms. The summed E-state index contributed by atoms with van der Waals surface area (Å²) in [6.07, 6.45) is 2.40. The van der Waals surface area contributed by atoms with Gasteiger partial charge in [0.2, 0.25) is 0 Å². The van der Waals surface area contributed by atoms with Crippen LogP contribution in [0.3, 0.4) is 0 Å². The summed E-state index contributed by atoms with van der Waals surface area (Å²) in [6, 6.07) is 7.99. The average molecular weight is 293 g/mol. The summed E-state index contributed by atoms with van der Waals surface area (Å²) in [4.78, 5) is 6.76. The van der Waals surface area contributed by atoms with Crippen LogP contribution in [-0.4, -0.2) is 30.6 Å². The fraction of sp³-hybridized carbons (Fsp3) is 0.438. The van der Waals surface area contributed by atoms with Crippen LogP contribution in [0.15, 0.2) is 24.3 Å². The third kappa shape index (κ3) is 3.62. The van der Waals surface area contributed by atoms with Crippen molar-refractivity contribution in [2.24, 2.45) is 0 Å². The topological polar surface area (TPSA) is 25.4 Å². The van der Waals surface area contributed by atoms with Gasteiger partial charge in [-0.15, -0.1) is 0 Å². The zero-order chi connectivity index (χ0) is 14.5. The third-order valence-electron chi connectivity index (χ3n) is 3.38. The van der Waals surface area contributed by atoms with Crippen molar-refractivity contribution in [2.75, 3.05) is 20.7 Å². The highest BCUT2D eigenvalue weighted by Crippen LogP contribution is 2.24. The van der Waals surface area contributed by atoms with Gasteiger partial charge in [0.05, 0.1) is 12.6 Å². The molecule has 0 bridgehead atoms.